The number of hydrogen-bond acceptors (Lipinski definition) is 1. The zero-order chi connectivity index (χ0) is 10.6. The van der Waals surface area contributed by atoms with Crippen molar-refractivity contribution in [2.45, 2.75) is 26.7 Å². The van der Waals surface area contributed by atoms with Crippen molar-refractivity contribution in [3.63, 3.8) is 0 Å². The fourth-order valence-corrected chi connectivity index (χ4v) is 1.46. The lowest BCUT2D eigenvalue weighted by atomic mass is 9.97. The molecule has 2 heteroatoms. The van der Waals surface area contributed by atoms with Crippen LogP contribution in [0.15, 0.2) is 24.3 Å². The van der Waals surface area contributed by atoms with Gasteiger partial charge in [-0.2, -0.15) is 0 Å². The fourth-order valence-electron chi connectivity index (χ4n) is 1.46. The molecule has 0 aromatic heterocycles. The van der Waals surface area contributed by atoms with Gasteiger partial charge in [0.25, 0.3) is 5.91 Å². The molecule has 0 bridgehead atoms. The summed E-state index contributed by atoms with van der Waals surface area (Å²) < 4.78 is 0. The standard InChI is InChI=1S/C12H17NO/c1-4-13-12(14)11-8-6-5-7-10(11)9(2)3/h5-9H,4H2,1-3H3,(H,13,14). The van der Waals surface area contributed by atoms with E-state index in [9.17, 15) is 4.79 Å². The molecule has 1 aromatic carbocycles. The molecule has 0 spiro atoms. The molecule has 76 valence electrons. The Balaban J connectivity index is 3.00. The summed E-state index contributed by atoms with van der Waals surface area (Å²) in [4.78, 5) is 11.7. The van der Waals surface area contributed by atoms with E-state index in [2.05, 4.69) is 19.2 Å². The molecule has 0 aliphatic rings. The second kappa shape index (κ2) is 4.80. The molecular weight excluding hydrogens is 174 g/mol. The van der Waals surface area contributed by atoms with E-state index in [-0.39, 0.29) is 5.91 Å². The lowest BCUT2D eigenvalue weighted by molar-refractivity contribution is 0.0954. The molecule has 0 aliphatic carbocycles. The highest BCUT2D eigenvalue weighted by molar-refractivity contribution is 5.95. The Labute approximate surface area is 85.3 Å². The van der Waals surface area contributed by atoms with Gasteiger partial charge in [-0.25, -0.2) is 0 Å². The number of amides is 1. The second-order valence-corrected chi connectivity index (χ2v) is 3.60. The Kier molecular flexibility index (Phi) is 3.69. The number of carbonyl (C=O) groups excluding carboxylic acids is 1. The van der Waals surface area contributed by atoms with Gasteiger partial charge >= 0.3 is 0 Å². The summed E-state index contributed by atoms with van der Waals surface area (Å²) in [6.45, 7) is 6.79. The van der Waals surface area contributed by atoms with Crippen LogP contribution in [0.2, 0.25) is 0 Å². The van der Waals surface area contributed by atoms with Crippen LogP contribution < -0.4 is 5.32 Å². The largest absolute Gasteiger partial charge is 0.352 e. The average Bonchev–Trinajstić information content (AvgIpc) is 2.18. The summed E-state index contributed by atoms with van der Waals surface area (Å²) in [6, 6.07) is 7.75. The lowest BCUT2D eigenvalue weighted by Crippen LogP contribution is -2.24. The zero-order valence-electron chi connectivity index (χ0n) is 9.00. The summed E-state index contributed by atoms with van der Waals surface area (Å²) >= 11 is 0. The predicted octanol–water partition coefficient (Wildman–Crippen LogP) is 2.56. The second-order valence-electron chi connectivity index (χ2n) is 3.60. The van der Waals surface area contributed by atoms with Crippen LogP contribution in [0.4, 0.5) is 0 Å². The first-order valence-electron chi connectivity index (χ1n) is 5.04. The van der Waals surface area contributed by atoms with Gasteiger partial charge in [-0.05, 0) is 24.5 Å². The predicted molar refractivity (Wildman–Crippen MR) is 58.5 cm³/mol. The molecule has 1 N–H and O–H groups in total. The minimum absolute atomic E-state index is 0.0248. The third-order valence-electron chi connectivity index (χ3n) is 2.16. The van der Waals surface area contributed by atoms with Crippen molar-refractivity contribution in [1.29, 1.82) is 0 Å². The summed E-state index contributed by atoms with van der Waals surface area (Å²) in [5.74, 6) is 0.408. The van der Waals surface area contributed by atoms with E-state index in [1.165, 1.54) is 0 Å². The molecule has 1 amide bonds. The highest BCUT2D eigenvalue weighted by atomic mass is 16.1. The van der Waals surface area contributed by atoms with E-state index in [0.717, 1.165) is 11.1 Å². The van der Waals surface area contributed by atoms with Crippen molar-refractivity contribution in [3.05, 3.63) is 35.4 Å². The van der Waals surface area contributed by atoms with Gasteiger partial charge < -0.3 is 5.32 Å². The average molecular weight is 191 g/mol. The van der Waals surface area contributed by atoms with Gasteiger partial charge in [-0.3, -0.25) is 4.79 Å². The van der Waals surface area contributed by atoms with Crippen LogP contribution >= 0.6 is 0 Å². The van der Waals surface area contributed by atoms with Crippen LogP contribution in [-0.4, -0.2) is 12.5 Å². The van der Waals surface area contributed by atoms with Crippen LogP contribution in [0.1, 0.15) is 42.6 Å². The van der Waals surface area contributed by atoms with E-state index in [0.29, 0.717) is 12.5 Å². The number of nitrogens with one attached hydrogen (secondary N) is 1. The molecule has 0 radical (unpaired) electrons. The number of benzene rings is 1. The molecule has 14 heavy (non-hydrogen) atoms. The minimum Gasteiger partial charge on any atom is -0.352 e. The molecule has 2 nitrogen and oxygen atoms in total. The van der Waals surface area contributed by atoms with Gasteiger partial charge in [0.15, 0.2) is 0 Å². The normalized spacial score (nSPS) is 10.3. The molecule has 1 rings (SSSR count). The summed E-state index contributed by atoms with van der Waals surface area (Å²) in [6.07, 6.45) is 0. The summed E-state index contributed by atoms with van der Waals surface area (Å²) in [5, 5.41) is 2.82. The van der Waals surface area contributed by atoms with E-state index >= 15 is 0 Å². The molecule has 0 fully saturated rings. The van der Waals surface area contributed by atoms with Crippen molar-refractivity contribution in [1.82, 2.24) is 5.32 Å². The number of carbonyl (C=O) groups is 1. The van der Waals surface area contributed by atoms with Gasteiger partial charge in [0.05, 0.1) is 0 Å². The fraction of sp³-hybridized carbons (Fsp3) is 0.417. The SMILES string of the molecule is CCNC(=O)c1ccccc1C(C)C. The van der Waals surface area contributed by atoms with Gasteiger partial charge in [-0.1, -0.05) is 32.0 Å². The third kappa shape index (κ3) is 2.34. The topological polar surface area (TPSA) is 29.1 Å². The van der Waals surface area contributed by atoms with Gasteiger partial charge in [0.1, 0.15) is 0 Å². The van der Waals surface area contributed by atoms with Crippen molar-refractivity contribution >= 4 is 5.91 Å². The van der Waals surface area contributed by atoms with Crippen LogP contribution in [0.3, 0.4) is 0 Å². The number of rotatable bonds is 3. The molecule has 0 saturated heterocycles. The van der Waals surface area contributed by atoms with Crippen molar-refractivity contribution < 1.29 is 4.79 Å². The Bertz CT molecular complexity index is 318. The zero-order valence-corrected chi connectivity index (χ0v) is 9.00. The molecular formula is C12H17NO. The molecule has 0 atom stereocenters. The third-order valence-corrected chi connectivity index (χ3v) is 2.16. The van der Waals surface area contributed by atoms with E-state index in [4.69, 9.17) is 0 Å². The first-order chi connectivity index (χ1) is 6.66. The highest BCUT2D eigenvalue weighted by Gasteiger charge is 2.11. The maximum Gasteiger partial charge on any atom is 0.251 e. The van der Waals surface area contributed by atoms with Gasteiger partial charge in [-0.15, -0.1) is 0 Å². The van der Waals surface area contributed by atoms with E-state index in [1.807, 2.05) is 31.2 Å². The van der Waals surface area contributed by atoms with Crippen LogP contribution in [-0.2, 0) is 0 Å². The molecule has 0 heterocycles. The molecule has 0 unspecified atom stereocenters. The first-order valence-corrected chi connectivity index (χ1v) is 5.04. The Morgan fingerprint density at radius 1 is 1.36 bits per heavy atom. The monoisotopic (exact) mass is 191 g/mol. The quantitative estimate of drug-likeness (QED) is 0.781. The smallest absolute Gasteiger partial charge is 0.251 e. The van der Waals surface area contributed by atoms with E-state index in [1.54, 1.807) is 0 Å². The van der Waals surface area contributed by atoms with Crippen molar-refractivity contribution in [2.24, 2.45) is 0 Å². The minimum atomic E-state index is 0.0248. The lowest BCUT2D eigenvalue weighted by Gasteiger charge is -2.11. The summed E-state index contributed by atoms with van der Waals surface area (Å²) in [7, 11) is 0. The number of hydrogen-bond donors (Lipinski definition) is 1. The van der Waals surface area contributed by atoms with Crippen molar-refractivity contribution in [3.8, 4) is 0 Å². The summed E-state index contributed by atoms with van der Waals surface area (Å²) in [5.41, 5.74) is 1.91. The first kappa shape index (κ1) is 10.8. The van der Waals surface area contributed by atoms with Gasteiger partial charge in [0, 0.05) is 12.1 Å². The molecule has 1 aromatic rings. The Morgan fingerprint density at radius 2 is 2.00 bits per heavy atom. The maximum atomic E-state index is 11.7. The Morgan fingerprint density at radius 3 is 2.57 bits per heavy atom. The van der Waals surface area contributed by atoms with Crippen molar-refractivity contribution in [2.75, 3.05) is 6.54 Å². The Hall–Kier alpha value is -1.31. The van der Waals surface area contributed by atoms with Crippen LogP contribution in [0.5, 0.6) is 0 Å². The maximum absolute atomic E-state index is 11.7. The molecule has 0 saturated carbocycles. The van der Waals surface area contributed by atoms with Crippen LogP contribution in [0, 0.1) is 0 Å². The van der Waals surface area contributed by atoms with Crippen LogP contribution in [0.25, 0.3) is 0 Å². The molecule has 0 aliphatic heterocycles. The highest BCUT2D eigenvalue weighted by Crippen LogP contribution is 2.18. The van der Waals surface area contributed by atoms with E-state index < -0.39 is 0 Å². The van der Waals surface area contributed by atoms with Gasteiger partial charge in [0.2, 0.25) is 0 Å².